The lowest BCUT2D eigenvalue weighted by atomic mass is 10.0. The van der Waals surface area contributed by atoms with Gasteiger partial charge in [0.15, 0.2) is 0 Å². The Morgan fingerprint density at radius 2 is 2.04 bits per heavy atom. The Morgan fingerprint density at radius 1 is 1.42 bits per heavy atom. The van der Waals surface area contributed by atoms with Crippen molar-refractivity contribution in [1.82, 2.24) is 5.12 Å². The molecule has 0 aliphatic carbocycles. The van der Waals surface area contributed by atoms with E-state index in [4.69, 9.17) is 10.6 Å². The number of amides is 2. The number of carbonyl (C=O) groups excluding carboxylic acids is 2. The average molecular weight is 401 g/mol. The summed E-state index contributed by atoms with van der Waals surface area (Å²) in [6, 6.07) is 2.91. The topological polar surface area (TPSA) is 119 Å². The Morgan fingerprint density at radius 3 is 2.58 bits per heavy atom. The minimum absolute atomic E-state index is 0.0205. The number of hydrogen-bond acceptors (Lipinski definition) is 6. The maximum atomic E-state index is 12.3. The number of carbonyl (C=O) groups is 2. The normalized spacial score (nSPS) is 14.2. The molecule has 24 heavy (non-hydrogen) atoms. The fourth-order valence-electron chi connectivity index (χ4n) is 2.30. The second-order valence-electron chi connectivity index (χ2n) is 6.22. The molecule has 2 N–H and O–H groups in total. The molecule has 1 heterocycles. The van der Waals surface area contributed by atoms with Crippen molar-refractivity contribution in [1.29, 1.82) is 0 Å². The zero-order chi connectivity index (χ0) is 18.2. The summed E-state index contributed by atoms with van der Waals surface area (Å²) in [7, 11) is 0. The lowest BCUT2D eigenvalue weighted by molar-refractivity contribution is -0.384. The molecule has 0 aromatic heterocycles. The highest BCUT2D eigenvalue weighted by atomic mass is 79.9. The molecular weight excluding hydrogens is 384 g/mol. The average Bonchev–Trinajstić information content (AvgIpc) is 2.44. The maximum Gasteiger partial charge on any atom is 0.444 e. The van der Waals surface area contributed by atoms with Crippen molar-refractivity contribution in [3.63, 3.8) is 0 Å². The first kappa shape index (κ1) is 18.1. The molecule has 1 aliphatic heterocycles. The van der Waals surface area contributed by atoms with E-state index in [0.717, 1.165) is 5.01 Å². The molecule has 0 radical (unpaired) electrons. The Hall–Kier alpha value is -2.20. The number of nitrogens with zero attached hydrogens (tertiary/aromatic N) is 3. The predicted molar refractivity (Wildman–Crippen MR) is 88.9 cm³/mol. The van der Waals surface area contributed by atoms with E-state index >= 15 is 0 Å². The van der Waals surface area contributed by atoms with Crippen LogP contribution in [0.1, 0.15) is 32.8 Å². The lowest BCUT2D eigenvalue weighted by Gasteiger charge is -2.35. The number of rotatable bonds is 2. The van der Waals surface area contributed by atoms with Crippen LogP contribution >= 0.6 is 15.9 Å². The molecule has 2 rings (SSSR count). The van der Waals surface area contributed by atoms with Crippen LogP contribution < -0.4 is 10.9 Å². The number of nitrogens with two attached hydrogens (primary N) is 1. The van der Waals surface area contributed by atoms with Gasteiger partial charge in [-0.25, -0.2) is 10.6 Å². The predicted octanol–water partition coefficient (Wildman–Crippen LogP) is 2.66. The number of hydrazine groups is 2. The first-order valence-corrected chi connectivity index (χ1v) is 7.88. The monoisotopic (exact) mass is 400 g/mol. The van der Waals surface area contributed by atoms with Crippen molar-refractivity contribution in [3.05, 3.63) is 32.3 Å². The van der Waals surface area contributed by atoms with E-state index < -0.39 is 22.5 Å². The molecule has 0 unspecified atom stereocenters. The van der Waals surface area contributed by atoms with Crippen molar-refractivity contribution < 1.29 is 19.2 Å². The van der Waals surface area contributed by atoms with Crippen LogP contribution in [-0.2, 0) is 16.0 Å². The fraction of sp³-hybridized carbons (Fsp3) is 0.429. The van der Waals surface area contributed by atoms with Gasteiger partial charge in [-0.1, -0.05) is 15.9 Å². The molecule has 0 bridgehead atoms. The molecule has 0 spiro atoms. The van der Waals surface area contributed by atoms with Gasteiger partial charge in [0.2, 0.25) is 5.91 Å². The highest BCUT2D eigenvalue weighted by Crippen LogP contribution is 2.39. The van der Waals surface area contributed by atoms with E-state index in [9.17, 15) is 19.7 Å². The highest BCUT2D eigenvalue weighted by Gasteiger charge is 2.38. The van der Waals surface area contributed by atoms with Gasteiger partial charge in [-0.2, -0.15) is 5.01 Å². The summed E-state index contributed by atoms with van der Waals surface area (Å²) < 4.78 is 5.63. The van der Waals surface area contributed by atoms with Crippen LogP contribution in [0.15, 0.2) is 16.6 Å². The zero-order valence-corrected chi connectivity index (χ0v) is 15.0. The van der Waals surface area contributed by atoms with Gasteiger partial charge >= 0.3 is 6.09 Å². The fourth-order valence-corrected chi connectivity index (χ4v) is 2.80. The van der Waals surface area contributed by atoms with Crippen LogP contribution in [0, 0.1) is 10.1 Å². The van der Waals surface area contributed by atoms with Crippen molar-refractivity contribution >= 4 is 39.3 Å². The molecule has 130 valence electrons. The van der Waals surface area contributed by atoms with E-state index in [1.165, 1.54) is 6.07 Å². The third-order valence-corrected chi connectivity index (χ3v) is 3.64. The second-order valence-corrected chi connectivity index (χ2v) is 7.14. The molecular formula is C14H17BrN4O5. The van der Waals surface area contributed by atoms with Crippen molar-refractivity contribution in [3.8, 4) is 0 Å². The van der Waals surface area contributed by atoms with E-state index in [0.29, 0.717) is 21.6 Å². The summed E-state index contributed by atoms with van der Waals surface area (Å²) in [6.07, 6.45) is -0.606. The van der Waals surface area contributed by atoms with E-state index in [-0.39, 0.29) is 17.8 Å². The van der Waals surface area contributed by atoms with E-state index in [2.05, 4.69) is 15.9 Å². The third kappa shape index (κ3) is 3.65. The number of anilines is 1. The number of nitro benzene ring substituents is 1. The van der Waals surface area contributed by atoms with Gasteiger partial charge in [0, 0.05) is 17.0 Å². The van der Waals surface area contributed by atoms with Crippen LogP contribution in [0.5, 0.6) is 0 Å². The minimum Gasteiger partial charge on any atom is -0.441 e. The number of aryl methyl sites for hydroxylation is 1. The van der Waals surface area contributed by atoms with Crippen LogP contribution in [0.4, 0.5) is 16.2 Å². The maximum absolute atomic E-state index is 12.3. The van der Waals surface area contributed by atoms with Crippen molar-refractivity contribution in [2.24, 2.45) is 5.84 Å². The molecule has 0 fully saturated rings. The smallest absolute Gasteiger partial charge is 0.441 e. The Labute approximate surface area is 146 Å². The first-order chi connectivity index (χ1) is 11.0. The number of halogens is 1. The van der Waals surface area contributed by atoms with Gasteiger partial charge in [-0.3, -0.25) is 14.9 Å². The lowest BCUT2D eigenvalue weighted by Crippen LogP contribution is -2.57. The van der Waals surface area contributed by atoms with E-state index in [1.807, 2.05) is 0 Å². The van der Waals surface area contributed by atoms with Gasteiger partial charge in [0.05, 0.1) is 4.92 Å². The van der Waals surface area contributed by atoms with E-state index in [1.54, 1.807) is 26.8 Å². The Bertz CT molecular complexity index is 716. The summed E-state index contributed by atoms with van der Waals surface area (Å²) in [5, 5.41) is 12.7. The van der Waals surface area contributed by atoms with Gasteiger partial charge in [-0.05, 0) is 38.8 Å². The summed E-state index contributed by atoms with van der Waals surface area (Å²) >= 11 is 3.21. The number of benzene rings is 1. The van der Waals surface area contributed by atoms with Gasteiger partial charge < -0.3 is 4.74 Å². The standard InChI is InChI=1S/C14H17BrN4O5/c1-14(2,3)24-13(21)18(16)17-11(20)5-4-8-6-9(15)7-10(12(8)17)19(22)23/h6-7H,4-5,16H2,1-3H3. The molecule has 1 aromatic rings. The van der Waals surface area contributed by atoms with Gasteiger partial charge in [0.1, 0.15) is 11.3 Å². The van der Waals surface area contributed by atoms with Crippen LogP contribution in [-0.4, -0.2) is 27.6 Å². The molecule has 9 nitrogen and oxygen atoms in total. The van der Waals surface area contributed by atoms with Crippen molar-refractivity contribution in [2.45, 2.75) is 39.2 Å². The Balaban J connectivity index is 2.51. The van der Waals surface area contributed by atoms with Gasteiger partial charge in [0.25, 0.3) is 5.69 Å². The number of ether oxygens (including phenoxy) is 1. The highest BCUT2D eigenvalue weighted by molar-refractivity contribution is 9.10. The van der Waals surface area contributed by atoms with Crippen LogP contribution in [0.3, 0.4) is 0 Å². The van der Waals surface area contributed by atoms with Crippen LogP contribution in [0.25, 0.3) is 0 Å². The quantitative estimate of drug-likeness (QED) is 0.352. The van der Waals surface area contributed by atoms with Crippen LogP contribution in [0.2, 0.25) is 0 Å². The molecule has 0 saturated heterocycles. The minimum atomic E-state index is -0.985. The molecule has 10 heteroatoms. The zero-order valence-electron chi connectivity index (χ0n) is 13.4. The molecule has 2 amide bonds. The summed E-state index contributed by atoms with van der Waals surface area (Å²) in [6.45, 7) is 4.93. The summed E-state index contributed by atoms with van der Waals surface area (Å²) in [4.78, 5) is 35.2. The first-order valence-electron chi connectivity index (χ1n) is 7.09. The van der Waals surface area contributed by atoms with Crippen molar-refractivity contribution in [2.75, 3.05) is 5.01 Å². The largest absolute Gasteiger partial charge is 0.444 e. The Kier molecular flexibility index (Phi) is 4.81. The summed E-state index contributed by atoms with van der Waals surface area (Å²) in [5.41, 5.74) is -0.643. The summed E-state index contributed by atoms with van der Waals surface area (Å²) in [5.74, 6) is 5.21. The second kappa shape index (κ2) is 6.36. The SMILES string of the molecule is CC(C)(C)OC(=O)N(N)N1C(=O)CCc2cc(Br)cc([N+](=O)[O-])c21. The molecule has 0 saturated carbocycles. The molecule has 0 atom stereocenters. The molecule has 1 aromatic carbocycles. The molecule has 1 aliphatic rings. The number of fused-ring (bicyclic) bond motifs is 1. The number of nitro groups is 1. The number of hydrogen-bond donors (Lipinski definition) is 1. The third-order valence-electron chi connectivity index (χ3n) is 3.18. The van der Waals surface area contributed by atoms with Gasteiger partial charge in [-0.15, -0.1) is 5.12 Å².